The highest BCUT2D eigenvalue weighted by Crippen LogP contribution is 2.10. The van der Waals surface area contributed by atoms with Crippen molar-refractivity contribution in [1.82, 2.24) is 10.3 Å². The quantitative estimate of drug-likeness (QED) is 0.607. The molecule has 0 aromatic carbocycles. The molecule has 0 aliphatic rings. The molecule has 0 radical (unpaired) electrons. The van der Waals surface area contributed by atoms with Crippen molar-refractivity contribution in [1.29, 1.82) is 10.5 Å². The van der Waals surface area contributed by atoms with Crippen LogP contribution in [0, 0.1) is 22.7 Å². The summed E-state index contributed by atoms with van der Waals surface area (Å²) in [6, 6.07) is 3.30. The summed E-state index contributed by atoms with van der Waals surface area (Å²) in [5.41, 5.74) is 5.19. The molecule has 13 heavy (non-hydrogen) atoms. The van der Waals surface area contributed by atoms with Crippen LogP contribution in [0.1, 0.15) is 0 Å². The molecule has 0 spiro atoms. The van der Waals surface area contributed by atoms with Crippen LogP contribution in [-0.4, -0.2) is 10.3 Å². The summed E-state index contributed by atoms with van der Waals surface area (Å²) < 4.78 is 4.26. The van der Waals surface area contributed by atoms with Gasteiger partial charge >= 0.3 is 0 Å². The zero-order valence-electron chi connectivity index (χ0n) is 6.35. The first-order chi connectivity index (χ1) is 6.27. The molecule has 3 N–H and O–H groups in total. The molecule has 0 aliphatic heterocycles. The molecule has 1 aromatic rings. The Bertz CT molecular complexity index is 389. The standard InChI is InChI=1S/C6H4N6O/c7-1-4(2-8)3-10-6-5(9)11-13-12-6/h3H,(H2,9,11)(H,10,12). The maximum Gasteiger partial charge on any atom is 0.219 e. The number of nitrogens with two attached hydrogens (primary N) is 1. The van der Waals surface area contributed by atoms with Gasteiger partial charge in [-0.3, -0.25) is 0 Å². The first-order valence-electron chi connectivity index (χ1n) is 3.13. The molecule has 0 fully saturated rings. The van der Waals surface area contributed by atoms with Crippen LogP contribution in [-0.2, 0) is 0 Å². The van der Waals surface area contributed by atoms with E-state index in [4.69, 9.17) is 16.3 Å². The Morgan fingerprint density at radius 2 is 2.15 bits per heavy atom. The SMILES string of the molecule is N#CC(C#N)=CNc1nonc1N. The van der Waals surface area contributed by atoms with Crippen LogP contribution in [0.15, 0.2) is 16.4 Å². The molecule has 1 heterocycles. The summed E-state index contributed by atoms with van der Waals surface area (Å²) in [6.45, 7) is 0. The second-order valence-electron chi connectivity index (χ2n) is 1.92. The van der Waals surface area contributed by atoms with Crippen LogP contribution in [0.2, 0.25) is 0 Å². The number of hydrogen-bond donors (Lipinski definition) is 2. The molecular formula is C6H4N6O. The van der Waals surface area contributed by atoms with Crippen molar-refractivity contribution in [3.05, 3.63) is 11.8 Å². The average Bonchev–Trinajstić information content (AvgIpc) is 2.54. The second-order valence-corrected chi connectivity index (χ2v) is 1.92. The van der Waals surface area contributed by atoms with Crippen molar-refractivity contribution >= 4 is 11.6 Å². The monoisotopic (exact) mass is 176 g/mol. The minimum absolute atomic E-state index is 0.0616. The Hall–Kier alpha value is -2.54. The lowest BCUT2D eigenvalue weighted by Crippen LogP contribution is -1.94. The van der Waals surface area contributed by atoms with Gasteiger partial charge in [0.15, 0.2) is 0 Å². The van der Waals surface area contributed by atoms with Crippen molar-refractivity contribution in [2.75, 3.05) is 11.1 Å². The highest BCUT2D eigenvalue weighted by molar-refractivity contribution is 5.56. The number of nitrogens with zero attached hydrogens (tertiary/aromatic N) is 4. The van der Waals surface area contributed by atoms with Gasteiger partial charge in [0.05, 0.1) is 0 Å². The number of nitrogen functional groups attached to an aromatic ring is 1. The highest BCUT2D eigenvalue weighted by atomic mass is 16.6. The van der Waals surface area contributed by atoms with E-state index in [9.17, 15) is 0 Å². The lowest BCUT2D eigenvalue weighted by molar-refractivity contribution is 0.311. The average molecular weight is 176 g/mol. The zero-order chi connectivity index (χ0) is 9.68. The summed E-state index contributed by atoms with van der Waals surface area (Å²) >= 11 is 0. The predicted octanol–water partition coefficient (Wildman–Crippen LogP) is -0.00524. The van der Waals surface area contributed by atoms with E-state index in [1.165, 1.54) is 0 Å². The minimum atomic E-state index is -0.0950. The number of rotatable bonds is 2. The van der Waals surface area contributed by atoms with Gasteiger partial charge in [0, 0.05) is 6.20 Å². The van der Waals surface area contributed by atoms with Gasteiger partial charge in [0.1, 0.15) is 17.7 Å². The van der Waals surface area contributed by atoms with Crippen LogP contribution in [0.4, 0.5) is 11.6 Å². The first-order valence-corrected chi connectivity index (χ1v) is 3.13. The molecular weight excluding hydrogens is 172 g/mol. The normalized spacial score (nSPS) is 8.15. The van der Waals surface area contributed by atoms with Gasteiger partial charge in [-0.15, -0.1) is 0 Å². The van der Waals surface area contributed by atoms with Crippen LogP contribution >= 0.6 is 0 Å². The van der Waals surface area contributed by atoms with Gasteiger partial charge in [0.2, 0.25) is 11.6 Å². The van der Waals surface area contributed by atoms with Crippen molar-refractivity contribution in [3.63, 3.8) is 0 Å². The number of nitrogens with one attached hydrogen (secondary N) is 1. The molecule has 7 nitrogen and oxygen atoms in total. The van der Waals surface area contributed by atoms with Gasteiger partial charge in [-0.2, -0.15) is 10.5 Å². The minimum Gasteiger partial charge on any atom is -0.378 e. The zero-order valence-corrected chi connectivity index (χ0v) is 6.35. The van der Waals surface area contributed by atoms with E-state index in [0.29, 0.717) is 0 Å². The summed E-state index contributed by atoms with van der Waals surface area (Å²) in [7, 11) is 0. The Morgan fingerprint density at radius 1 is 1.46 bits per heavy atom. The van der Waals surface area contributed by atoms with E-state index in [-0.39, 0.29) is 17.2 Å². The van der Waals surface area contributed by atoms with E-state index in [1.807, 2.05) is 0 Å². The molecule has 0 bridgehead atoms. The summed E-state index contributed by atoms with van der Waals surface area (Å²) in [5.74, 6) is 0.231. The van der Waals surface area contributed by atoms with Crippen molar-refractivity contribution < 1.29 is 4.63 Å². The second kappa shape index (κ2) is 3.74. The molecule has 64 valence electrons. The maximum atomic E-state index is 8.35. The maximum absolute atomic E-state index is 8.35. The predicted molar refractivity (Wildman–Crippen MR) is 41.6 cm³/mol. The van der Waals surface area contributed by atoms with Crippen LogP contribution < -0.4 is 11.1 Å². The van der Waals surface area contributed by atoms with E-state index < -0.39 is 0 Å². The fraction of sp³-hybridized carbons (Fsp3) is 0. The fourth-order valence-electron chi connectivity index (χ4n) is 0.526. The Kier molecular flexibility index (Phi) is 2.46. The molecule has 0 saturated carbocycles. The number of anilines is 2. The summed E-state index contributed by atoms with van der Waals surface area (Å²) in [4.78, 5) is 0. The molecule has 0 amide bonds. The van der Waals surface area contributed by atoms with Crippen LogP contribution in [0.3, 0.4) is 0 Å². The smallest absolute Gasteiger partial charge is 0.219 e. The third kappa shape index (κ3) is 1.94. The third-order valence-corrected chi connectivity index (χ3v) is 1.11. The van der Waals surface area contributed by atoms with Gasteiger partial charge < -0.3 is 11.1 Å². The van der Waals surface area contributed by atoms with Crippen LogP contribution in [0.5, 0.6) is 0 Å². The van der Waals surface area contributed by atoms with Crippen LogP contribution in [0.25, 0.3) is 0 Å². The number of aromatic nitrogens is 2. The van der Waals surface area contributed by atoms with E-state index in [1.54, 1.807) is 12.1 Å². The van der Waals surface area contributed by atoms with Gasteiger partial charge in [-0.05, 0) is 10.3 Å². The molecule has 0 saturated heterocycles. The topological polar surface area (TPSA) is 125 Å². The largest absolute Gasteiger partial charge is 0.378 e. The third-order valence-electron chi connectivity index (χ3n) is 1.11. The molecule has 1 aromatic heterocycles. The summed E-state index contributed by atoms with van der Waals surface area (Å²) in [5, 5.41) is 25.9. The lowest BCUT2D eigenvalue weighted by atomic mass is 10.3. The Balaban J connectivity index is 2.74. The highest BCUT2D eigenvalue weighted by Gasteiger charge is 2.03. The molecule has 0 aliphatic carbocycles. The van der Waals surface area contributed by atoms with E-state index in [0.717, 1.165) is 6.20 Å². The van der Waals surface area contributed by atoms with Gasteiger partial charge in [-0.1, -0.05) is 0 Å². The van der Waals surface area contributed by atoms with Crippen molar-refractivity contribution in [3.8, 4) is 12.1 Å². The molecule has 0 atom stereocenters. The van der Waals surface area contributed by atoms with Gasteiger partial charge in [0.25, 0.3) is 0 Å². The Labute approximate surface area is 73.0 Å². The number of allylic oxidation sites excluding steroid dienone is 1. The van der Waals surface area contributed by atoms with Crippen molar-refractivity contribution in [2.45, 2.75) is 0 Å². The number of hydrogen-bond acceptors (Lipinski definition) is 7. The van der Waals surface area contributed by atoms with Crippen molar-refractivity contribution in [2.24, 2.45) is 0 Å². The molecule has 7 heteroatoms. The fourth-order valence-corrected chi connectivity index (χ4v) is 0.526. The lowest BCUT2D eigenvalue weighted by Gasteiger charge is -1.91. The molecule has 0 unspecified atom stereocenters. The first kappa shape index (κ1) is 8.56. The molecule has 1 rings (SSSR count). The Morgan fingerprint density at radius 3 is 2.62 bits per heavy atom. The number of nitriles is 2. The summed E-state index contributed by atoms with van der Waals surface area (Å²) in [6.07, 6.45) is 1.16. The van der Waals surface area contributed by atoms with E-state index >= 15 is 0 Å². The van der Waals surface area contributed by atoms with E-state index in [2.05, 4.69) is 20.3 Å². The van der Waals surface area contributed by atoms with Gasteiger partial charge in [-0.25, -0.2) is 4.63 Å².